The van der Waals surface area contributed by atoms with Crippen LogP contribution in [0.3, 0.4) is 0 Å². The molecule has 1 rings (SSSR count). The van der Waals surface area contributed by atoms with Gasteiger partial charge in [0.15, 0.2) is 5.75 Å². The Kier molecular flexibility index (Phi) is 3.99. The summed E-state index contributed by atoms with van der Waals surface area (Å²) in [6.07, 6.45) is 0. The van der Waals surface area contributed by atoms with Gasteiger partial charge >= 0.3 is 5.97 Å². The summed E-state index contributed by atoms with van der Waals surface area (Å²) in [5, 5.41) is 12.6. The maximum atomic E-state index is 12.6. The molecule has 0 heterocycles. The van der Waals surface area contributed by atoms with Crippen molar-refractivity contribution < 1.29 is 14.6 Å². The van der Waals surface area contributed by atoms with Crippen molar-refractivity contribution in [2.45, 2.75) is 52.4 Å². The Hall–Kier alpha value is -1.51. The first-order valence-electron chi connectivity index (χ1n) is 6.43. The largest absolute Gasteiger partial charge is 0.465 e. The molecule has 3 nitrogen and oxygen atoms in total. The van der Waals surface area contributed by atoms with Crippen LogP contribution in [0.4, 0.5) is 0 Å². The summed E-state index contributed by atoms with van der Waals surface area (Å²) < 4.78 is 4.77. The topological polar surface area (TPSA) is 46.2 Å². The van der Waals surface area contributed by atoms with Crippen LogP contribution in [-0.4, -0.2) is 13.1 Å². The lowest BCUT2D eigenvalue weighted by Gasteiger charge is -2.26. The van der Waals surface area contributed by atoms with Crippen LogP contribution in [-0.2, 0) is 20.7 Å². The van der Waals surface area contributed by atoms with Crippen molar-refractivity contribution in [1.29, 1.82) is 0 Å². The molecule has 105 valence electrons. The molecule has 0 aliphatic heterocycles. The standard InChI is InChI=1S/C16H23O3/c1-15(2,3)11-8-10(14(18)19-7)9-12(13(11)17)16(4,5)6/h8-9H,1-7H3. The van der Waals surface area contributed by atoms with Gasteiger partial charge in [0.05, 0.1) is 12.7 Å². The predicted octanol–water partition coefficient (Wildman–Crippen LogP) is 4.21. The Morgan fingerprint density at radius 2 is 1.32 bits per heavy atom. The summed E-state index contributed by atoms with van der Waals surface area (Å²) in [4.78, 5) is 11.8. The first kappa shape index (κ1) is 15.5. The monoisotopic (exact) mass is 263 g/mol. The van der Waals surface area contributed by atoms with E-state index >= 15 is 0 Å². The molecular weight excluding hydrogens is 240 g/mol. The van der Waals surface area contributed by atoms with E-state index in [4.69, 9.17) is 4.74 Å². The average molecular weight is 263 g/mol. The molecule has 19 heavy (non-hydrogen) atoms. The third-order valence-electron chi connectivity index (χ3n) is 3.13. The summed E-state index contributed by atoms with van der Waals surface area (Å²) in [6.45, 7) is 11.8. The number of hydrogen-bond acceptors (Lipinski definition) is 2. The van der Waals surface area contributed by atoms with Gasteiger partial charge < -0.3 is 4.74 Å². The van der Waals surface area contributed by atoms with E-state index in [-0.39, 0.29) is 16.6 Å². The molecule has 0 saturated carbocycles. The normalized spacial score (nSPS) is 12.4. The zero-order valence-electron chi connectivity index (χ0n) is 12.9. The molecule has 1 radical (unpaired) electrons. The third kappa shape index (κ3) is 3.28. The molecule has 0 aromatic heterocycles. The Labute approximate surface area is 115 Å². The molecule has 0 atom stereocenters. The van der Waals surface area contributed by atoms with E-state index in [1.165, 1.54) is 7.11 Å². The van der Waals surface area contributed by atoms with Crippen LogP contribution in [0.5, 0.6) is 5.75 Å². The number of methoxy groups -OCH3 is 1. The maximum Gasteiger partial charge on any atom is 0.337 e. The number of ether oxygens (including phenoxy) is 1. The molecule has 3 heteroatoms. The molecular formula is C16H23O3. The quantitative estimate of drug-likeness (QED) is 0.712. The Morgan fingerprint density at radius 1 is 0.947 bits per heavy atom. The van der Waals surface area contributed by atoms with Crippen LogP contribution in [0, 0.1) is 0 Å². The number of hydrogen-bond donors (Lipinski definition) is 0. The van der Waals surface area contributed by atoms with Gasteiger partial charge in [-0.3, -0.25) is 5.11 Å². The second-order valence-corrected chi connectivity index (χ2v) is 6.89. The van der Waals surface area contributed by atoms with E-state index in [2.05, 4.69) is 0 Å². The number of esters is 1. The van der Waals surface area contributed by atoms with Gasteiger partial charge in [0.1, 0.15) is 0 Å². The van der Waals surface area contributed by atoms with Crippen molar-refractivity contribution >= 4 is 5.97 Å². The molecule has 0 aliphatic rings. The highest BCUT2D eigenvalue weighted by atomic mass is 16.5. The lowest BCUT2D eigenvalue weighted by Crippen LogP contribution is -2.18. The van der Waals surface area contributed by atoms with E-state index in [0.29, 0.717) is 16.7 Å². The molecule has 0 spiro atoms. The van der Waals surface area contributed by atoms with Gasteiger partial charge in [-0.1, -0.05) is 41.5 Å². The highest BCUT2D eigenvalue weighted by Crippen LogP contribution is 2.40. The molecule has 1 aromatic rings. The van der Waals surface area contributed by atoms with Crippen molar-refractivity contribution in [3.05, 3.63) is 28.8 Å². The zero-order chi connectivity index (χ0) is 15.0. The Balaban J connectivity index is 3.62. The van der Waals surface area contributed by atoms with Gasteiger partial charge in [0.2, 0.25) is 0 Å². The predicted molar refractivity (Wildman–Crippen MR) is 75.3 cm³/mol. The zero-order valence-corrected chi connectivity index (χ0v) is 12.9. The minimum atomic E-state index is -0.406. The molecule has 0 amide bonds. The number of carbonyl (C=O) groups is 1. The fourth-order valence-electron chi connectivity index (χ4n) is 1.98. The summed E-state index contributed by atoms with van der Waals surface area (Å²) in [6, 6.07) is 3.31. The van der Waals surface area contributed by atoms with Crippen LogP contribution in [0.25, 0.3) is 0 Å². The summed E-state index contributed by atoms with van der Waals surface area (Å²) >= 11 is 0. The molecule has 0 unspecified atom stereocenters. The van der Waals surface area contributed by atoms with Crippen LogP contribution >= 0.6 is 0 Å². The first-order valence-corrected chi connectivity index (χ1v) is 6.43. The van der Waals surface area contributed by atoms with E-state index in [1.54, 1.807) is 12.1 Å². The van der Waals surface area contributed by atoms with Crippen molar-refractivity contribution in [1.82, 2.24) is 0 Å². The van der Waals surface area contributed by atoms with Gasteiger partial charge in [-0.2, -0.15) is 0 Å². The van der Waals surface area contributed by atoms with E-state index in [9.17, 15) is 9.90 Å². The maximum absolute atomic E-state index is 12.6. The van der Waals surface area contributed by atoms with Crippen LogP contribution in [0.15, 0.2) is 12.1 Å². The second kappa shape index (κ2) is 4.87. The highest BCUT2D eigenvalue weighted by Gasteiger charge is 2.29. The average Bonchev–Trinajstić information content (AvgIpc) is 2.25. The van der Waals surface area contributed by atoms with Crippen LogP contribution in [0.2, 0.25) is 0 Å². The van der Waals surface area contributed by atoms with Crippen molar-refractivity contribution in [2.75, 3.05) is 7.11 Å². The van der Waals surface area contributed by atoms with Crippen LogP contribution < -0.4 is 0 Å². The minimum absolute atomic E-state index is 0.0210. The van der Waals surface area contributed by atoms with Crippen molar-refractivity contribution in [3.8, 4) is 5.75 Å². The van der Waals surface area contributed by atoms with E-state index < -0.39 is 5.97 Å². The van der Waals surface area contributed by atoms with Gasteiger partial charge in [-0.05, 0) is 23.0 Å². The number of rotatable bonds is 1. The fourth-order valence-corrected chi connectivity index (χ4v) is 1.98. The van der Waals surface area contributed by atoms with E-state index in [1.807, 2.05) is 41.5 Å². The first-order chi connectivity index (χ1) is 8.48. The summed E-state index contributed by atoms with van der Waals surface area (Å²) in [5.41, 5.74) is 1.14. The Bertz CT molecular complexity index is 453. The minimum Gasteiger partial charge on any atom is -0.465 e. The molecule has 0 fully saturated rings. The molecule has 0 saturated heterocycles. The Morgan fingerprint density at radius 3 is 1.58 bits per heavy atom. The van der Waals surface area contributed by atoms with Gasteiger partial charge in [-0.25, -0.2) is 4.79 Å². The second-order valence-electron chi connectivity index (χ2n) is 6.89. The van der Waals surface area contributed by atoms with Gasteiger partial charge in [0, 0.05) is 11.1 Å². The fraction of sp³-hybridized carbons (Fsp3) is 0.562. The number of carbonyl (C=O) groups excluding carboxylic acids is 1. The van der Waals surface area contributed by atoms with Crippen molar-refractivity contribution in [3.63, 3.8) is 0 Å². The highest BCUT2D eigenvalue weighted by molar-refractivity contribution is 5.90. The lowest BCUT2D eigenvalue weighted by molar-refractivity contribution is 0.0600. The molecule has 0 aliphatic carbocycles. The number of benzene rings is 1. The summed E-state index contributed by atoms with van der Waals surface area (Å²) in [7, 11) is 1.35. The lowest BCUT2D eigenvalue weighted by atomic mass is 9.78. The SMILES string of the molecule is COC(=O)c1cc(C(C)(C)C)c([O])c(C(C)(C)C)c1. The van der Waals surface area contributed by atoms with E-state index in [0.717, 1.165) is 0 Å². The molecule has 0 bridgehead atoms. The molecule has 1 aromatic carbocycles. The van der Waals surface area contributed by atoms with Gasteiger partial charge in [0.25, 0.3) is 0 Å². The van der Waals surface area contributed by atoms with Crippen molar-refractivity contribution in [2.24, 2.45) is 0 Å². The molecule has 0 N–H and O–H groups in total. The third-order valence-corrected chi connectivity index (χ3v) is 3.13. The van der Waals surface area contributed by atoms with Gasteiger partial charge in [-0.15, -0.1) is 0 Å². The van der Waals surface area contributed by atoms with Crippen LogP contribution in [0.1, 0.15) is 63.0 Å². The smallest absolute Gasteiger partial charge is 0.337 e. The summed E-state index contributed by atoms with van der Waals surface area (Å²) in [5.74, 6) is -0.386.